The van der Waals surface area contributed by atoms with Gasteiger partial charge in [-0.25, -0.2) is 9.79 Å². The Morgan fingerprint density at radius 3 is 2.76 bits per heavy atom. The number of carboxylic acids is 1. The van der Waals surface area contributed by atoms with Gasteiger partial charge in [-0.2, -0.15) is 0 Å². The maximum Gasteiger partial charge on any atom is 0.341 e. The van der Waals surface area contributed by atoms with Crippen LogP contribution in [0.2, 0.25) is 0 Å². The lowest BCUT2D eigenvalue weighted by Gasteiger charge is -2.11. The van der Waals surface area contributed by atoms with E-state index in [1.165, 1.54) is 16.2 Å². The Bertz CT molecular complexity index is 1240. The lowest BCUT2D eigenvalue weighted by Crippen LogP contribution is -2.09. The van der Waals surface area contributed by atoms with Gasteiger partial charge in [0.25, 0.3) is 0 Å². The number of aliphatic imine (C=N–C) groups is 1. The number of fused-ring (bicyclic) bond motifs is 2. The zero-order valence-corrected chi connectivity index (χ0v) is 19.3. The smallest absolute Gasteiger partial charge is 0.341 e. The van der Waals surface area contributed by atoms with Gasteiger partial charge in [0.05, 0.1) is 17.7 Å². The van der Waals surface area contributed by atoms with Crippen LogP contribution in [-0.2, 0) is 22.4 Å². The van der Waals surface area contributed by atoms with E-state index < -0.39 is 5.97 Å². The summed E-state index contributed by atoms with van der Waals surface area (Å²) in [6.45, 7) is 2.10. The number of hydrogen-bond acceptors (Lipinski definition) is 6. The minimum atomic E-state index is -0.913. The van der Waals surface area contributed by atoms with Crippen LogP contribution in [0.25, 0.3) is 10.9 Å². The summed E-state index contributed by atoms with van der Waals surface area (Å²) >= 11 is 1.54. The molecule has 7 nitrogen and oxygen atoms in total. The molecule has 0 saturated heterocycles. The highest BCUT2D eigenvalue weighted by atomic mass is 32.1. The van der Waals surface area contributed by atoms with Crippen molar-refractivity contribution < 1.29 is 24.2 Å². The number of esters is 1. The monoisotopic (exact) mass is 466 g/mol. The second-order valence-electron chi connectivity index (χ2n) is 7.98. The molecular formula is C25H26N2O5S. The molecule has 0 amide bonds. The molecule has 0 bridgehead atoms. The summed E-state index contributed by atoms with van der Waals surface area (Å²) < 4.78 is 6.87. The van der Waals surface area contributed by atoms with E-state index in [0.29, 0.717) is 17.2 Å². The van der Waals surface area contributed by atoms with Crippen LogP contribution in [-0.4, -0.2) is 40.3 Å². The molecule has 1 aromatic carbocycles. The number of thiophene rings is 1. The molecule has 1 N–H and O–H groups in total. The number of carbonyl (C=O) groups is 3. The molecule has 0 spiro atoms. The van der Waals surface area contributed by atoms with E-state index in [9.17, 15) is 14.4 Å². The number of hydrogen-bond donors (Lipinski definition) is 1. The zero-order chi connectivity index (χ0) is 23.4. The van der Waals surface area contributed by atoms with Crippen molar-refractivity contribution in [3.8, 4) is 0 Å². The first-order valence-corrected chi connectivity index (χ1v) is 12.0. The fourth-order valence-corrected chi connectivity index (χ4v) is 5.43. The predicted octanol–water partition coefficient (Wildman–Crippen LogP) is 5.40. The van der Waals surface area contributed by atoms with Gasteiger partial charge in [0.1, 0.15) is 5.00 Å². The van der Waals surface area contributed by atoms with E-state index in [1.54, 1.807) is 23.9 Å². The SMILES string of the molecule is CCOC(=O)c1c(/N=C/c2cn(C(=O)CCCC(=O)O)c3ccccc23)sc2c1CCCC2. The average Bonchev–Trinajstić information content (AvgIpc) is 3.36. The number of carboxylic acid groups (broad SMARTS) is 1. The third-order valence-corrected chi connectivity index (χ3v) is 6.95. The van der Waals surface area contributed by atoms with Crippen molar-refractivity contribution in [2.24, 2.45) is 4.99 Å². The fraction of sp³-hybridized carbons (Fsp3) is 0.360. The average molecular weight is 467 g/mol. The number of rotatable bonds is 8. The molecule has 0 aliphatic heterocycles. The van der Waals surface area contributed by atoms with Crippen molar-refractivity contribution in [3.05, 3.63) is 52.0 Å². The van der Waals surface area contributed by atoms with E-state index in [0.717, 1.165) is 47.7 Å². The fourth-order valence-electron chi connectivity index (χ4n) is 4.21. The number of nitrogens with zero attached hydrogens (tertiary/aromatic N) is 2. The summed E-state index contributed by atoms with van der Waals surface area (Å²) in [5, 5.41) is 10.4. The minimum absolute atomic E-state index is 0.0427. The molecule has 0 atom stereocenters. The van der Waals surface area contributed by atoms with Crippen molar-refractivity contribution in [1.29, 1.82) is 0 Å². The van der Waals surface area contributed by atoms with E-state index in [-0.39, 0.29) is 31.1 Å². The van der Waals surface area contributed by atoms with Crippen molar-refractivity contribution in [2.45, 2.75) is 51.9 Å². The van der Waals surface area contributed by atoms with Crippen LogP contribution in [0.5, 0.6) is 0 Å². The second kappa shape index (κ2) is 10.1. The Hall–Kier alpha value is -3.26. The second-order valence-corrected chi connectivity index (χ2v) is 9.07. The van der Waals surface area contributed by atoms with Crippen molar-refractivity contribution in [2.75, 3.05) is 6.61 Å². The van der Waals surface area contributed by atoms with Gasteiger partial charge in [-0.05, 0) is 50.7 Å². The van der Waals surface area contributed by atoms with Crippen LogP contribution in [0.15, 0.2) is 35.5 Å². The molecule has 8 heteroatoms. The maximum atomic E-state index is 12.7. The molecule has 172 valence electrons. The topological polar surface area (TPSA) is 98.0 Å². The Morgan fingerprint density at radius 1 is 1.18 bits per heavy atom. The summed E-state index contributed by atoms with van der Waals surface area (Å²) in [5.41, 5.74) is 3.14. The number of aromatic nitrogens is 1. The van der Waals surface area contributed by atoms with Crippen LogP contribution in [0, 0.1) is 0 Å². The third kappa shape index (κ3) is 4.90. The Morgan fingerprint density at radius 2 is 1.97 bits per heavy atom. The van der Waals surface area contributed by atoms with Crippen LogP contribution in [0.4, 0.5) is 5.00 Å². The van der Waals surface area contributed by atoms with Gasteiger partial charge in [-0.1, -0.05) is 18.2 Å². The third-order valence-electron chi connectivity index (χ3n) is 5.75. The summed E-state index contributed by atoms with van der Waals surface area (Å²) in [4.78, 5) is 42.1. The number of carbonyl (C=O) groups excluding carboxylic acids is 2. The molecular weight excluding hydrogens is 440 g/mol. The quantitative estimate of drug-likeness (QED) is 0.354. The number of para-hydroxylation sites is 1. The Kier molecular flexibility index (Phi) is 7.03. The van der Waals surface area contributed by atoms with Gasteiger partial charge >= 0.3 is 11.9 Å². The molecule has 0 saturated carbocycles. The molecule has 2 aromatic heterocycles. The van der Waals surface area contributed by atoms with Gasteiger partial charge < -0.3 is 9.84 Å². The van der Waals surface area contributed by atoms with Crippen LogP contribution in [0.1, 0.15) is 70.2 Å². The van der Waals surface area contributed by atoms with Crippen molar-refractivity contribution >= 4 is 51.3 Å². The number of benzene rings is 1. The van der Waals surface area contributed by atoms with Crippen molar-refractivity contribution in [1.82, 2.24) is 4.57 Å². The lowest BCUT2D eigenvalue weighted by atomic mass is 9.95. The minimum Gasteiger partial charge on any atom is -0.481 e. The van der Waals surface area contributed by atoms with Gasteiger partial charge in [-0.15, -0.1) is 11.3 Å². The standard InChI is InChI=1S/C25H26N2O5S/c1-2-32-25(31)23-18-9-4-6-11-20(18)33-24(23)26-14-16-15-27(19-10-5-3-8-17(16)19)21(28)12-7-13-22(29)30/h3,5,8,10,14-15H,2,4,6-7,9,11-13H2,1H3,(H,29,30)/b26-14+. The summed E-state index contributed by atoms with van der Waals surface area (Å²) in [6.07, 6.45) is 7.79. The van der Waals surface area contributed by atoms with E-state index in [4.69, 9.17) is 9.84 Å². The molecule has 1 aliphatic rings. The maximum absolute atomic E-state index is 12.7. The first-order chi connectivity index (χ1) is 16.0. The highest BCUT2D eigenvalue weighted by molar-refractivity contribution is 7.16. The number of ether oxygens (including phenoxy) is 1. The van der Waals surface area contributed by atoms with E-state index in [1.807, 2.05) is 24.3 Å². The largest absolute Gasteiger partial charge is 0.481 e. The molecule has 1 aliphatic carbocycles. The molecule has 3 aromatic rings. The predicted molar refractivity (Wildman–Crippen MR) is 128 cm³/mol. The molecule has 2 heterocycles. The Balaban J connectivity index is 1.68. The van der Waals surface area contributed by atoms with Crippen LogP contribution < -0.4 is 0 Å². The highest BCUT2D eigenvalue weighted by Gasteiger charge is 2.26. The van der Waals surface area contributed by atoms with Crippen LogP contribution in [0.3, 0.4) is 0 Å². The summed E-state index contributed by atoms with van der Waals surface area (Å²) in [5.74, 6) is -1.41. The zero-order valence-electron chi connectivity index (χ0n) is 18.5. The lowest BCUT2D eigenvalue weighted by molar-refractivity contribution is -0.137. The van der Waals surface area contributed by atoms with Gasteiger partial charge in [-0.3, -0.25) is 14.2 Å². The van der Waals surface area contributed by atoms with Crippen LogP contribution >= 0.6 is 11.3 Å². The Labute approximate surface area is 195 Å². The molecule has 4 rings (SSSR count). The first kappa shape index (κ1) is 22.9. The molecule has 0 unspecified atom stereocenters. The van der Waals surface area contributed by atoms with Gasteiger partial charge in [0, 0.05) is 41.1 Å². The molecule has 33 heavy (non-hydrogen) atoms. The molecule has 0 radical (unpaired) electrons. The van der Waals surface area contributed by atoms with Gasteiger partial charge in [0.2, 0.25) is 5.91 Å². The highest BCUT2D eigenvalue weighted by Crippen LogP contribution is 2.40. The summed E-state index contributed by atoms with van der Waals surface area (Å²) in [6, 6.07) is 7.53. The van der Waals surface area contributed by atoms with E-state index >= 15 is 0 Å². The first-order valence-electron chi connectivity index (χ1n) is 11.2. The van der Waals surface area contributed by atoms with E-state index in [2.05, 4.69) is 4.99 Å². The number of aliphatic carboxylic acids is 1. The number of aryl methyl sites for hydroxylation is 1. The van der Waals surface area contributed by atoms with Crippen molar-refractivity contribution in [3.63, 3.8) is 0 Å². The van der Waals surface area contributed by atoms with Gasteiger partial charge in [0.15, 0.2) is 0 Å². The normalized spacial score (nSPS) is 13.4. The summed E-state index contributed by atoms with van der Waals surface area (Å²) in [7, 11) is 0. The molecule has 0 fully saturated rings.